The molecule has 0 saturated heterocycles. The fraction of sp³-hybridized carbons (Fsp3) is 0.200. The largest absolute Gasteiger partial charge is 0.480 e. The van der Waals surface area contributed by atoms with Gasteiger partial charge in [-0.3, -0.25) is 10.1 Å². The minimum absolute atomic E-state index is 0.0368. The molecule has 4 rings (SSSR count). The third-order valence-corrected chi connectivity index (χ3v) is 5.80. The van der Waals surface area contributed by atoms with Gasteiger partial charge in [-0.1, -0.05) is 60.7 Å². The van der Waals surface area contributed by atoms with Crippen molar-refractivity contribution in [2.75, 3.05) is 6.61 Å². The van der Waals surface area contributed by atoms with Gasteiger partial charge in [0.15, 0.2) is 0 Å². The van der Waals surface area contributed by atoms with Gasteiger partial charge in [-0.25, -0.2) is 9.59 Å². The van der Waals surface area contributed by atoms with Crippen molar-refractivity contribution < 1.29 is 24.4 Å². The van der Waals surface area contributed by atoms with Crippen molar-refractivity contribution in [3.8, 4) is 11.1 Å². The molecule has 1 aliphatic carbocycles. The second kappa shape index (κ2) is 9.52. The summed E-state index contributed by atoms with van der Waals surface area (Å²) in [5.74, 6) is -1.29. The highest BCUT2D eigenvalue weighted by molar-refractivity contribution is 5.81. The first-order valence-electron chi connectivity index (χ1n) is 10.5. The van der Waals surface area contributed by atoms with Crippen LogP contribution in [0.5, 0.6) is 0 Å². The number of hydrogen-bond donors (Lipinski definition) is 2. The number of carbonyl (C=O) groups excluding carboxylic acids is 1. The molecule has 0 radical (unpaired) electrons. The molecule has 0 aromatic heterocycles. The van der Waals surface area contributed by atoms with Crippen LogP contribution in [0.15, 0.2) is 72.8 Å². The predicted octanol–water partition coefficient (Wildman–Crippen LogP) is 4.52. The zero-order chi connectivity index (χ0) is 23.4. The van der Waals surface area contributed by atoms with Crippen LogP contribution in [0.1, 0.15) is 29.0 Å². The number of hydrogen-bond acceptors (Lipinski definition) is 5. The van der Waals surface area contributed by atoms with Crippen LogP contribution < -0.4 is 5.32 Å². The number of carboxylic acids is 1. The lowest BCUT2D eigenvalue weighted by Gasteiger charge is -2.17. The van der Waals surface area contributed by atoms with Crippen molar-refractivity contribution in [2.45, 2.75) is 24.8 Å². The van der Waals surface area contributed by atoms with Gasteiger partial charge in [-0.2, -0.15) is 0 Å². The van der Waals surface area contributed by atoms with Gasteiger partial charge < -0.3 is 15.2 Å². The molecule has 0 spiro atoms. The summed E-state index contributed by atoms with van der Waals surface area (Å²) in [7, 11) is 0. The molecule has 1 aliphatic rings. The normalized spacial score (nSPS) is 13.0. The Morgan fingerprint density at radius 2 is 1.55 bits per heavy atom. The Labute approximate surface area is 190 Å². The topological polar surface area (TPSA) is 119 Å². The van der Waals surface area contributed by atoms with E-state index in [0.717, 1.165) is 27.8 Å². The fourth-order valence-corrected chi connectivity index (χ4v) is 4.14. The Balaban J connectivity index is 1.36. The standard InChI is InChI=1S/C25H22N2O6/c28-24(29)23(14-11-16-9-12-17(13-10-16)27(31)32)26-25(30)33-15-22-20-7-3-1-5-18(20)19-6-2-4-8-21(19)22/h1-10,12-13,22-23H,11,14-15H2,(H,26,30)(H,28,29)/t23-/m0/s1. The van der Waals surface area contributed by atoms with Gasteiger partial charge >= 0.3 is 12.1 Å². The molecule has 3 aromatic rings. The number of aliphatic carboxylic acids is 1. The van der Waals surface area contributed by atoms with Gasteiger partial charge in [0.25, 0.3) is 5.69 Å². The predicted molar refractivity (Wildman–Crippen MR) is 121 cm³/mol. The van der Waals surface area contributed by atoms with Crippen LogP contribution in [0.4, 0.5) is 10.5 Å². The van der Waals surface area contributed by atoms with Gasteiger partial charge in [0.05, 0.1) is 4.92 Å². The summed E-state index contributed by atoms with van der Waals surface area (Å²) < 4.78 is 5.43. The number of rotatable bonds is 8. The molecule has 0 aliphatic heterocycles. The third kappa shape index (κ3) is 4.85. The van der Waals surface area contributed by atoms with E-state index in [0.29, 0.717) is 6.42 Å². The first-order valence-corrected chi connectivity index (χ1v) is 10.5. The van der Waals surface area contributed by atoms with E-state index in [1.165, 1.54) is 12.1 Å². The molecule has 33 heavy (non-hydrogen) atoms. The number of aryl methyl sites for hydroxylation is 1. The summed E-state index contributed by atoms with van der Waals surface area (Å²) in [5, 5.41) is 22.7. The van der Waals surface area contributed by atoms with Crippen molar-refractivity contribution >= 4 is 17.7 Å². The van der Waals surface area contributed by atoms with Gasteiger partial charge in [0.2, 0.25) is 0 Å². The highest BCUT2D eigenvalue weighted by Crippen LogP contribution is 2.44. The lowest BCUT2D eigenvalue weighted by atomic mass is 9.98. The van der Waals surface area contributed by atoms with Crippen LogP contribution in [0.2, 0.25) is 0 Å². The summed E-state index contributed by atoms with van der Waals surface area (Å²) in [6.45, 7) is 0.0918. The van der Waals surface area contributed by atoms with Crippen molar-refractivity contribution in [1.29, 1.82) is 0 Å². The summed E-state index contributed by atoms with van der Waals surface area (Å²) >= 11 is 0. The van der Waals surface area contributed by atoms with Crippen LogP contribution in [-0.4, -0.2) is 34.7 Å². The molecule has 0 fully saturated rings. The summed E-state index contributed by atoms with van der Waals surface area (Å²) in [5.41, 5.74) is 5.05. The second-order valence-corrected chi connectivity index (χ2v) is 7.82. The van der Waals surface area contributed by atoms with E-state index < -0.39 is 23.0 Å². The Morgan fingerprint density at radius 1 is 0.970 bits per heavy atom. The lowest BCUT2D eigenvalue weighted by Crippen LogP contribution is -2.41. The first-order chi connectivity index (χ1) is 15.9. The molecule has 0 saturated carbocycles. The Kier molecular flexibility index (Phi) is 6.35. The molecule has 0 heterocycles. The number of nitrogens with zero attached hydrogens (tertiary/aromatic N) is 1. The van der Waals surface area contributed by atoms with Gasteiger partial charge in [-0.05, 0) is 40.7 Å². The highest BCUT2D eigenvalue weighted by Gasteiger charge is 2.29. The molecule has 2 N–H and O–H groups in total. The van der Waals surface area contributed by atoms with E-state index in [1.54, 1.807) is 12.1 Å². The number of carbonyl (C=O) groups is 2. The van der Waals surface area contributed by atoms with Crippen molar-refractivity contribution in [2.24, 2.45) is 0 Å². The molecular formula is C25H22N2O6. The SMILES string of the molecule is O=C(N[C@@H](CCc1ccc([N+](=O)[O-])cc1)C(=O)O)OCC1c2ccccc2-c2ccccc21. The number of fused-ring (bicyclic) bond motifs is 3. The maximum Gasteiger partial charge on any atom is 0.407 e. The molecule has 8 nitrogen and oxygen atoms in total. The number of benzene rings is 3. The van der Waals surface area contributed by atoms with E-state index in [2.05, 4.69) is 5.32 Å². The maximum atomic E-state index is 12.4. The summed E-state index contributed by atoms with van der Waals surface area (Å²) in [4.78, 5) is 34.3. The van der Waals surface area contributed by atoms with Crippen LogP contribution in [0, 0.1) is 10.1 Å². The molecule has 1 atom stereocenters. The molecule has 3 aromatic carbocycles. The average Bonchev–Trinajstić information content (AvgIpc) is 3.14. The van der Waals surface area contributed by atoms with E-state index >= 15 is 0 Å². The zero-order valence-corrected chi connectivity index (χ0v) is 17.6. The van der Waals surface area contributed by atoms with E-state index in [-0.39, 0.29) is 24.6 Å². The van der Waals surface area contributed by atoms with Crippen molar-refractivity contribution in [3.63, 3.8) is 0 Å². The van der Waals surface area contributed by atoms with E-state index in [9.17, 15) is 24.8 Å². The van der Waals surface area contributed by atoms with Crippen molar-refractivity contribution in [3.05, 3.63) is 99.6 Å². The Bertz CT molecular complexity index is 1150. The molecule has 0 unspecified atom stereocenters. The molecular weight excluding hydrogens is 424 g/mol. The number of ether oxygens (including phenoxy) is 1. The number of alkyl carbamates (subject to hydrolysis) is 1. The fourth-order valence-electron chi connectivity index (χ4n) is 4.14. The van der Waals surface area contributed by atoms with Gasteiger partial charge in [0.1, 0.15) is 12.6 Å². The highest BCUT2D eigenvalue weighted by atomic mass is 16.6. The summed E-state index contributed by atoms with van der Waals surface area (Å²) in [6.07, 6.45) is -0.344. The second-order valence-electron chi connectivity index (χ2n) is 7.82. The number of amides is 1. The van der Waals surface area contributed by atoms with Crippen molar-refractivity contribution in [1.82, 2.24) is 5.32 Å². The number of nitro groups is 1. The average molecular weight is 446 g/mol. The van der Waals surface area contributed by atoms with Crippen LogP contribution in [0.3, 0.4) is 0 Å². The molecule has 8 heteroatoms. The first kappa shape index (κ1) is 22.0. The van der Waals surface area contributed by atoms with Gasteiger partial charge in [-0.15, -0.1) is 0 Å². The lowest BCUT2D eigenvalue weighted by molar-refractivity contribution is -0.384. The van der Waals surface area contributed by atoms with Crippen LogP contribution >= 0.6 is 0 Å². The Morgan fingerprint density at radius 3 is 2.09 bits per heavy atom. The molecule has 168 valence electrons. The van der Waals surface area contributed by atoms with Crippen LogP contribution in [0.25, 0.3) is 11.1 Å². The zero-order valence-electron chi connectivity index (χ0n) is 17.6. The monoisotopic (exact) mass is 446 g/mol. The van der Waals surface area contributed by atoms with Gasteiger partial charge in [0, 0.05) is 18.1 Å². The van der Waals surface area contributed by atoms with E-state index in [4.69, 9.17) is 4.74 Å². The minimum Gasteiger partial charge on any atom is -0.480 e. The number of carboxylic acid groups (broad SMARTS) is 1. The quantitative estimate of drug-likeness (QED) is 0.388. The minimum atomic E-state index is -1.18. The molecule has 0 bridgehead atoms. The smallest absolute Gasteiger partial charge is 0.407 e. The molecule has 1 amide bonds. The maximum absolute atomic E-state index is 12.4. The summed E-state index contributed by atoms with van der Waals surface area (Å²) in [6, 6.07) is 20.6. The number of nitrogens with one attached hydrogen (secondary N) is 1. The van der Waals surface area contributed by atoms with E-state index in [1.807, 2.05) is 48.5 Å². The Hall–Kier alpha value is -4.20. The number of non-ortho nitro benzene ring substituents is 1. The number of nitro benzene ring substituents is 1. The van der Waals surface area contributed by atoms with Crippen LogP contribution in [-0.2, 0) is 16.0 Å². The third-order valence-electron chi connectivity index (χ3n) is 5.80.